The summed E-state index contributed by atoms with van der Waals surface area (Å²) >= 11 is 0. The Kier molecular flexibility index (Phi) is 6.24. The summed E-state index contributed by atoms with van der Waals surface area (Å²) in [5.74, 6) is -2.25. The summed E-state index contributed by atoms with van der Waals surface area (Å²) < 4.78 is 34.0. The van der Waals surface area contributed by atoms with E-state index < -0.39 is 35.2 Å². The lowest BCUT2D eigenvalue weighted by atomic mass is 9.86. The smallest absolute Gasteiger partial charge is 0.343 e. The molecule has 1 saturated heterocycles. The summed E-state index contributed by atoms with van der Waals surface area (Å²) in [4.78, 5) is 28.0. The van der Waals surface area contributed by atoms with Gasteiger partial charge in [0.15, 0.2) is 11.6 Å². The van der Waals surface area contributed by atoms with Gasteiger partial charge in [-0.25, -0.2) is 13.6 Å². The molecule has 2 aliphatic heterocycles. The van der Waals surface area contributed by atoms with Gasteiger partial charge in [-0.1, -0.05) is 20.8 Å². The monoisotopic (exact) mass is 462 g/mol. The molecule has 2 amide bonds. The average Bonchev–Trinajstić information content (AvgIpc) is 3.36. The highest BCUT2D eigenvalue weighted by molar-refractivity contribution is 5.89. The SMILES string of the molecule is CC(C)(C)C(NC(=O)n1nc(-c2ccc(F)c(F)c2)c2c1CCOC2)C(=O)N1CCC(O)C1. The van der Waals surface area contributed by atoms with Gasteiger partial charge in [-0.3, -0.25) is 4.79 Å². The number of fused-ring (bicyclic) bond motifs is 1. The van der Waals surface area contributed by atoms with Gasteiger partial charge in [-0.2, -0.15) is 9.78 Å². The number of nitrogens with zero attached hydrogens (tertiary/aromatic N) is 3. The van der Waals surface area contributed by atoms with Crippen molar-refractivity contribution < 1.29 is 28.2 Å². The van der Waals surface area contributed by atoms with Crippen molar-refractivity contribution in [2.24, 2.45) is 5.41 Å². The van der Waals surface area contributed by atoms with E-state index in [1.165, 1.54) is 10.7 Å². The lowest BCUT2D eigenvalue weighted by molar-refractivity contribution is -0.135. The Morgan fingerprint density at radius 3 is 2.67 bits per heavy atom. The molecule has 2 aromatic rings. The Morgan fingerprint density at radius 2 is 2.03 bits per heavy atom. The number of aliphatic hydroxyl groups is 1. The molecule has 0 spiro atoms. The lowest BCUT2D eigenvalue weighted by Crippen LogP contribution is -2.55. The summed E-state index contributed by atoms with van der Waals surface area (Å²) in [5, 5.41) is 17.0. The number of rotatable bonds is 3. The standard InChI is InChI=1S/C23H28F2N4O4/c1-23(2,3)20(21(31)28-8-6-14(30)11-28)26-22(32)29-18-7-9-33-12-15(18)19(27-29)13-4-5-16(24)17(25)10-13/h4-5,10,14,20,30H,6-9,11-12H2,1-3H3,(H,26,32). The van der Waals surface area contributed by atoms with E-state index in [1.54, 1.807) is 4.90 Å². The number of aromatic nitrogens is 2. The van der Waals surface area contributed by atoms with Crippen LogP contribution in [-0.2, 0) is 22.6 Å². The van der Waals surface area contributed by atoms with Crippen molar-refractivity contribution >= 4 is 11.9 Å². The Morgan fingerprint density at radius 1 is 1.27 bits per heavy atom. The summed E-state index contributed by atoms with van der Waals surface area (Å²) in [7, 11) is 0. The van der Waals surface area contributed by atoms with Gasteiger partial charge < -0.3 is 20.1 Å². The fourth-order valence-corrected chi connectivity index (χ4v) is 4.24. The summed E-state index contributed by atoms with van der Waals surface area (Å²) in [6, 6.07) is 2.02. The fraction of sp³-hybridized carbons (Fsp3) is 0.522. The molecule has 4 rings (SSSR count). The molecule has 178 valence electrons. The van der Waals surface area contributed by atoms with Crippen molar-refractivity contribution in [1.82, 2.24) is 20.0 Å². The minimum absolute atomic E-state index is 0.185. The van der Waals surface area contributed by atoms with Crippen LogP contribution in [0.3, 0.4) is 0 Å². The first-order valence-electron chi connectivity index (χ1n) is 11.0. The van der Waals surface area contributed by atoms with Gasteiger partial charge in [-0.05, 0) is 30.0 Å². The van der Waals surface area contributed by atoms with Crippen LogP contribution in [0.5, 0.6) is 0 Å². The highest BCUT2D eigenvalue weighted by Gasteiger charge is 2.39. The van der Waals surface area contributed by atoms with Crippen LogP contribution in [0.4, 0.5) is 13.6 Å². The number of hydrogen-bond acceptors (Lipinski definition) is 5. The fourth-order valence-electron chi connectivity index (χ4n) is 4.24. The van der Waals surface area contributed by atoms with E-state index in [2.05, 4.69) is 10.4 Å². The number of hydrogen-bond donors (Lipinski definition) is 2. The van der Waals surface area contributed by atoms with Crippen molar-refractivity contribution in [2.45, 2.75) is 52.4 Å². The molecule has 1 aromatic carbocycles. The zero-order valence-electron chi connectivity index (χ0n) is 18.9. The Bertz CT molecular complexity index is 1080. The van der Waals surface area contributed by atoms with Gasteiger partial charge in [-0.15, -0.1) is 0 Å². The molecule has 3 heterocycles. The van der Waals surface area contributed by atoms with Gasteiger partial charge >= 0.3 is 6.03 Å². The van der Waals surface area contributed by atoms with Gasteiger partial charge in [0.05, 0.1) is 30.7 Å². The zero-order valence-corrected chi connectivity index (χ0v) is 18.9. The molecule has 2 atom stereocenters. The average molecular weight is 462 g/mol. The molecule has 2 N–H and O–H groups in total. The molecule has 0 saturated carbocycles. The van der Waals surface area contributed by atoms with E-state index in [1.807, 2.05) is 20.8 Å². The van der Waals surface area contributed by atoms with E-state index >= 15 is 0 Å². The van der Waals surface area contributed by atoms with Gasteiger partial charge in [0.1, 0.15) is 6.04 Å². The largest absolute Gasteiger partial charge is 0.391 e. The molecule has 0 bridgehead atoms. The molecule has 33 heavy (non-hydrogen) atoms. The third-order valence-corrected chi connectivity index (χ3v) is 6.06. The second-order valence-corrected chi connectivity index (χ2v) is 9.59. The topological polar surface area (TPSA) is 96.7 Å². The molecule has 2 unspecified atom stereocenters. The number of ether oxygens (including phenoxy) is 1. The number of amides is 2. The van der Waals surface area contributed by atoms with Crippen LogP contribution in [0.25, 0.3) is 11.3 Å². The predicted octanol–water partition coefficient (Wildman–Crippen LogP) is 2.47. The van der Waals surface area contributed by atoms with Crippen LogP contribution >= 0.6 is 0 Å². The van der Waals surface area contributed by atoms with Crippen LogP contribution < -0.4 is 5.32 Å². The Hall–Kier alpha value is -2.85. The number of likely N-dealkylation sites (tertiary alicyclic amines) is 1. The normalized spacial score (nSPS) is 19.3. The quantitative estimate of drug-likeness (QED) is 0.731. The predicted molar refractivity (Wildman–Crippen MR) is 115 cm³/mol. The Balaban J connectivity index is 1.66. The maximum absolute atomic E-state index is 13.8. The maximum atomic E-state index is 13.8. The highest BCUT2D eigenvalue weighted by Crippen LogP contribution is 2.30. The number of β-amino-alcohol motifs (C(OH)–C–C–N with tert-alkyl or cyclic N) is 1. The van der Waals surface area contributed by atoms with Crippen LogP contribution in [0.1, 0.15) is 38.4 Å². The maximum Gasteiger partial charge on any atom is 0.343 e. The first-order chi connectivity index (χ1) is 15.6. The summed E-state index contributed by atoms with van der Waals surface area (Å²) in [6.45, 7) is 6.78. The van der Waals surface area contributed by atoms with Crippen molar-refractivity contribution in [3.05, 3.63) is 41.1 Å². The third kappa shape index (κ3) is 4.63. The molecule has 10 heteroatoms. The molecule has 0 radical (unpaired) electrons. The highest BCUT2D eigenvalue weighted by atomic mass is 19.2. The molecule has 1 fully saturated rings. The van der Waals surface area contributed by atoms with Crippen molar-refractivity contribution in [3.63, 3.8) is 0 Å². The number of aliphatic hydroxyl groups excluding tert-OH is 1. The van der Waals surface area contributed by atoms with Gasteiger partial charge in [0, 0.05) is 30.6 Å². The molecular formula is C23H28F2N4O4. The number of carbonyl (C=O) groups excluding carboxylic acids is 2. The summed E-state index contributed by atoms with van der Waals surface area (Å²) in [5.41, 5.74) is 1.30. The van der Waals surface area contributed by atoms with Crippen molar-refractivity contribution in [2.75, 3.05) is 19.7 Å². The van der Waals surface area contributed by atoms with E-state index in [4.69, 9.17) is 4.74 Å². The number of benzene rings is 1. The van der Waals surface area contributed by atoms with E-state index in [-0.39, 0.29) is 19.1 Å². The van der Waals surface area contributed by atoms with E-state index in [0.29, 0.717) is 48.5 Å². The van der Waals surface area contributed by atoms with E-state index in [0.717, 1.165) is 12.1 Å². The molecular weight excluding hydrogens is 434 g/mol. The first-order valence-corrected chi connectivity index (χ1v) is 11.0. The van der Waals surface area contributed by atoms with Crippen molar-refractivity contribution in [1.29, 1.82) is 0 Å². The van der Waals surface area contributed by atoms with Gasteiger partial charge in [0.25, 0.3) is 0 Å². The molecule has 0 aliphatic carbocycles. The second kappa shape index (κ2) is 8.83. The van der Waals surface area contributed by atoms with Crippen LogP contribution in [0, 0.1) is 17.0 Å². The minimum Gasteiger partial charge on any atom is -0.391 e. The number of carbonyl (C=O) groups is 2. The number of nitrogens with one attached hydrogen (secondary N) is 1. The molecule has 2 aliphatic rings. The summed E-state index contributed by atoms with van der Waals surface area (Å²) in [6.07, 6.45) is 0.342. The first kappa shape index (κ1) is 23.3. The zero-order chi connectivity index (χ0) is 23.9. The third-order valence-electron chi connectivity index (χ3n) is 6.06. The van der Waals surface area contributed by atoms with Crippen LogP contribution in [0.15, 0.2) is 18.2 Å². The molecule has 1 aromatic heterocycles. The van der Waals surface area contributed by atoms with Gasteiger partial charge in [0.2, 0.25) is 5.91 Å². The van der Waals surface area contributed by atoms with Crippen LogP contribution in [0.2, 0.25) is 0 Å². The minimum atomic E-state index is -1.01. The molecule has 8 nitrogen and oxygen atoms in total. The Labute approximate surface area is 190 Å². The second-order valence-electron chi connectivity index (χ2n) is 9.59. The lowest BCUT2D eigenvalue weighted by Gasteiger charge is -2.33. The van der Waals surface area contributed by atoms with Crippen molar-refractivity contribution in [3.8, 4) is 11.3 Å². The van der Waals surface area contributed by atoms with Crippen LogP contribution in [-0.4, -0.2) is 63.6 Å². The number of halogens is 2. The van der Waals surface area contributed by atoms with E-state index in [9.17, 15) is 23.5 Å².